The predicted octanol–water partition coefficient (Wildman–Crippen LogP) is 1.92. The summed E-state index contributed by atoms with van der Waals surface area (Å²) in [5.74, 6) is -1.68. The molecule has 37 heavy (non-hydrogen) atoms. The number of hydrogen-bond acceptors (Lipinski definition) is 9. The zero-order chi connectivity index (χ0) is 26.1. The quantitative estimate of drug-likeness (QED) is 0.300. The summed E-state index contributed by atoms with van der Waals surface area (Å²) >= 11 is 6.32. The van der Waals surface area contributed by atoms with Crippen LogP contribution in [0.25, 0.3) is 11.2 Å². The van der Waals surface area contributed by atoms with Gasteiger partial charge in [-0.2, -0.15) is 4.98 Å². The lowest BCUT2D eigenvalue weighted by atomic mass is 10.1. The Morgan fingerprint density at radius 2 is 1.97 bits per heavy atom. The van der Waals surface area contributed by atoms with Crippen molar-refractivity contribution in [1.29, 1.82) is 0 Å². The molecule has 14 heteroatoms. The van der Waals surface area contributed by atoms with Gasteiger partial charge in [0.05, 0.1) is 30.3 Å². The molecular weight excluding hydrogens is 516 g/mol. The van der Waals surface area contributed by atoms with Crippen LogP contribution in [-0.2, 0) is 20.8 Å². The van der Waals surface area contributed by atoms with Gasteiger partial charge < -0.3 is 39.7 Å². The molecule has 2 fully saturated rings. The monoisotopic (exact) mass is 539 g/mol. The molecule has 11 nitrogen and oxygen atoms in total. The number of fused-ring (bicyclic) bond motifs is 2. The Bertz CT molecular complexity index is 1290. The fourth-order valence-electron chi connectivity index (χ4n) is 4.16. The molecule has 2 aromatic heterocycles. The molecule has 2 aliphatic heterocycles. The maximum absolute atomic E-state index is 14.6. The minimum atomic E-state index is -0.814. The first-order valence-electron chi connectivity index (χ1n) is 11.5. The number of aliphatic hydroxyl groups excluding tert-OH is 1. The van der Waals surface area contributed by atoms with E-state index in [1.807, 2.05) is 0 Å². The summed E-state index contributed by atoms with van der Waals surface area (Å²) in [6.45, 7) is 1.81. The summed E-state index contributed by atoms with van der Waals surface area (Å²) < 4.78 is 51.4. The molecule has 0 bridgehead atoms. The minimum Gasteiger partial charge on any atom is -0.492 e. The molecule has 2 unspecified atom stereocenters. The van der Waals surface area contributed by atoms with E-state index in [0.717, 1.165) is 12.1 Å². The second-order valence-corrected chi connectivity index (χ2v) is 9.01. The van der Waals surface area contributed by atoms with Crippen LogP contribution in [0.4, 0.5) is 14.6 Å². The van der Waals surface area contributed by atoms with Gasteiger partial charge in [0.15, 0.2) is 11.8 Å². The Kier molecular flexibility index (Phi) is 7.29. The second kappa shape index (κ2) is 10.6. The van der Waals surface area contributed by atoms with Gasteiger partial charge in [-0.1, -0.05) is 11.6 Å². The maximum atomic E-state index is 14.6. The van der Waals surface area contributed by atoms with Gasteiger partial charge >= 0.3 is 0 Å². The van der Waals surface area contributed by atoms with Gasteiger partial charge in [-0.3, -0.25) is 4.79 Å². The molecule has 0 aliphatic carbocycles. The lowest BCUT2D eigenvalue weighted by Crippen LogP contribution is -2.34. The number of carbonyl (C=O) groups is 1. The Labute approximate surface area is 214 Å². The predicted molar refractivity (Wildman–Crippen MR) is 127 cm³/mol. The van der Waals surface area contributed by atoms with Gasteiger partial charge in [0.25, 0.3) is 6.01 Å². The van der Waals surface area contributed by atoms with Crippen molar-refractivity contribution in [2.24, 2.45) is 0 Å². The zero-order valence-electron chi connectivity index (χ0n) is 19.6. The molecule has 0 spiro atoms. The molecule has 1 aromatic carbocycles. The molecule has 0 radical (unpaired) electrons. The molecule has 198 valence electrons. The Morgan fingerprint density at radius 1 is 1.22 bits per heavy atom. The summed E-state index contributed by atoms with van der Waals surface area (Å²) in [5, 5.41) is 15.4. The number of hydrogen-bond donors (Lipinski definition) is 4. The number of aromatic nitrogens is 3. The second-order valence-electron chi connectivity index (χ2n) is 8.60. The highest BCUT2D eigenvalue weighted by molar-refractivity contribution is 6.33. The number of benzene rings is 1. The van der Waals surface area contributed by atoms with Crippen LogP contribution in [0.3, 0.4) is 0 Å². The molecule has 0 saturated carbocycles. The van der Waals surface area contributed by atoms with E-state index < -0.39 is 36.1 Å². The highest BCUT2D eigenvalue weighted by Crippen LogP contribution is 2.31. The van der Waals surface area contributed by atoms with Crippen molar-refractivity contribution in [1.82, 2.24) is 20.3 Å². The third-order valence-corrected chi connectivity index (χ3v) is 6.23. The van der Waals surface area contributed by atoms with E-state index in [2.05, 4.69) is 25.6 Å². The molecular formula is C23H24ClF2N5O6. The van der Waals surface area contributed by atoms with E-state index in [1.54, 1.807) is 6.07 Å². The van der Waals surface area contributed by atoms with Gasteiger partial charge in [0.1, 0.15) is 48.1 Å². The molecule has 2 aliphatic rings. The molecule has 4 N–H and O–H groups in total. The van der Waals surface area contributed by atoms with E-state index in [-0.39, 0.29) is 72.6 Å². The summed E-state index contributed by atoms with van der Waals surface area (Å²) in [4.78, 5) is 22.5. The van der Waals surface area contributed by atoms with Crippen molar-refractivity contribution in [3.05, 3.63) is 40.4 Å². The number of pyridine rings is 1. The van der Waals surface area contributed by atoms with Gasteiger partial charge in [0.2, 0.25) is 5.91 Å². The Balaban J connectivity index is 1.23. The number of nitrogens with zero attached hydrogens (tertiary/aromatic N) is 2. The van der Waals surface area contributed by atoms with Crippen molar-refractivity contribution in [3.63, 3.8) is 0 Å². The standard InChI is InChI=1S/C23H24ClF2N5O6/c1-10(32)27-2-3-34-11-4-14(25)12(15(26)5-11)7-28-21-13(24)6-16-22(30-21)31-23(29-16)37-18-9-36-19-17(33)8-35-20(18)19/h4-6,17-20,33H,2-3,7-9H2,1H3,(H,27,32)(H2,28,29,30,31)/t17-,18-,19?,20?/m1/s1. The topological polar surface area (TPSA) is 140 Å². The van der Waals surface area contributed by atoms with E-state index in [1.165, 1.54) is 6.92 Å². The first kappa shape index (κ1) is 25.4. The number of halogens is 3. The highest BCUT2D eigenvalue weighted by atomic mass is 35.5. The van der Waals surface area contributed by atoms with Gasteiger partial charge in [-0.15, -0.1) is 0 Å². The van der Waals surface area contributed by atoms with Crippen LogP contribution in [0.5, 0.6) is 11.8 Å². The number of H-pyrrole nitrogens is 1. The number of imidazole rings is 1. The van der Waals surface area contributed by atoms with Crippen molar-refractivity contribution < 1.29 is 37.6 Å². The maximum Gasteiger partial charge on any atom is 0.296 e. The Hall–Kier alpha value is -3.26. The highest BCUT2D eigenvalue weighted by Gasteiger charge is 2.48. The van der Waals surface area contributed by atoms with Crippen LogP contribution < -0.4 is 20.1 Å². The van der Waals surface area contributed by atoms with Crippen molar-refractivity contribution in [2.45, 2.75) is 37.9 Å². The summed E-state index contributed by atoms with van der Waals surface area (Å²) in [5.41, 5.74) is 0.535. The number of aliphatic hydroxyl groups is 1. The summed E-state index contributed by atoms with van der Waals surface area (Å²) in [7, 11) is 0. The number of carbonyl (C=O) groups excluding carboxylic acids is 1. The number of amides is 1. The molecule has 5 rings (SSSR count). The smallest absolute Gasteiger partial charge is 0.296 e. The molecule has 3 aromatic rings. The lowest BCUT2D eigenvalue weighted by Gasteiger charge is -2.15. The fraction of sp³-hybridized carbons (Fsp3) is 0.435. The van der Waals surface area contributed by atoms with Crippen LogP contribution in [0.2, 0.25) is 5.02 Å². The molecule has 2 saturated heterocycles. The SMILES string of the molecule is CC(=O)NCCOc1cc(F)c(CNc2nc3nc(O[C@@H]4COC5C4OC[C@H]5O)[nH]c3cc2Cl)c(F)c1. The lowest BCUT2D eigenvalue weighted by molar-refractivity contribution is -0.119. The van der Waals surface area contributed by atoms with Crippen LogP contribution in [0.1, 0.15) is 12.5 Å². The van der Waals surface area contributed by atoms with E-state index in [9.17, 15) is 18.7 Å². The number of nitrogens with one attached hydrogen (secondary N) is 3. The molecule has 4 atom stereocenters. The van der Waals surface area contributed by atoms with Crippen LogP contribution >= 0.6 is 11.6 Å². The van der Waals surface area contributed by atoms with Crippen LogP contribution in [0.15, 0.2) is 18.2 Å². The summed E-state index contributed by atoms with van der Waals surface area (Å²) in [6, 6.07) is 3.86. The number of rotatable bonds is 9. The van der Waals surface area contributed by atoms with Crippen molar-refractivity contribution in [3.8, 4) is 11.8 Å². The molecule has 4 heterocycles. The fourth-order valence-corrected chi connectivity index (χ4v) is 4.38. The number of aromatic amines is 1. The zero-order valence-corrected chi connectivity index (χ0v) is 20.3. The van der Waals surface area contributed by atoms with Crippen LogP contribution in [-0.4, -0.2) is 76.7 Å². The third-order valence-electron chi connectivity index (χ3n) is 5.94. The molecule has 1 amide bonds. The van der Waals surface area contributed by atoms with E-state index in [0.29, 0.717) is 5.52 Å². The first-order chi connectivity index (χ1) is 17.8. The average molecular weight is 540 g/mol. The first-order valence-corrected chi connectivity index (χ1v) is 11.9. The Morgan fingerprint density at radius 3 is 2.73 bits per heavy atom. The number of anilines is 1. The largest absolute Gasteiger partial charge is 0.492 e. The van der Waals surface area contributed by atoms with Crippen molar-refractivity contribution in [2.75, 3.05) is 31.7 Å². The summed E-state index contributed by atoms with van der Waals surface area (Å²) in [6.07, 6.45) is -2.01. The number of ether oxygens (including phenoxy) is 4. The third kappa shape index (κ3) is 5.54. The van der Waals surface area contributed by atoms with Crippen molar-refractivity contribution >= 4 is 34.5 Å². The van der Waals surface area contributed by atoms with Gasteiger partial charge in [0, 0.05) is 31.2 Å². The van der Waals surface area contributed by atoms with E-state index >= 15 is 0 Å². The minimum absolute atomic E-state index is 0.00206. The van der Waals surface area contributed by atoms with E-state index in [4.69, 9.17) is 30.5 Å². The van der Waals surface area contributed by atoms with Gasteiger partial charge in [-0.05, 0) is 6.07 Å². The van der Waals surface area contributed by atoms with Gasteiger partial charge in [-0.25, -0.2) is 13.8 Å². The van der Waals surface area contributed by atoms with Crippen LogP contribution in [0, 0.1) is 11.6 Å². The average Bonchev–Trinajstić information content (AvgIpc) is 3.53. The normalized spacial score (nSPS) is 22.7.